The molecule has 0 unspecified atom stereocenters. The summed E-state index contributed by atoms with van der Waals surface area (Å²) >= 11 is 0. The van der Waals surface area contributed by atoms with Crippen LogP contribution in [-0.4, -0.2) is 46.0 Å². The van der Waals surface area contributed by atoms with Crippen molar-refractivity contribution in [2.24, 2.45) is 0 Å². The maximum Gasteiger partial charge on any atom is 0.410 e. The van der Waals surface area contributed by atoms with Gasteiger partial charge < -0.3 is 20.2 Å². The van der Waals surface area contributed by atoms with Crippen molar-refractivity contribution in [2.45, 2.75) is 31.9 Å². The molecule has 0 aliphatic carbocycles. The van der Waals surface area contributed by atoms with Gasteiger partial charge in [0, 0.05) is 6.20 Å². The second-order valence-electron chi connectivity index (χ2n) is 6.10. The molecule has 0 atom stereocenters. The summed E-state index contributed by atoms with van der Waals surface area (Å²) in [5, 5.41) is 4.17. The van der Waals surface area contributed by atoms with Crippen LogP contribution in [0.15, 0.2) is 12.4 Å². The molecule has 2 N–H and O–H groups in total. The van der Waals surface area contributed by atoms with Gasteiger partial charge in [0.1, 0.15) is 5.60 Å². The van der Waals surface area contributed by atoms with Gasteiger partial charge in [-0.3, -0.25) is 4.68 Å². The number of carbonyl (C=O) groups is 1. The lowest BCUT2D eigenvalue weighted by atomic mass is 9.90. The number of nitrogen functional groups attached to an aromatic ring is 1. The molecule has 2 rings (SSSR count). The van der Waals surface area contributed by atoms with E-state index < -0.39 is 11.1 Å². The van der Waals surface area contributed by atoms with Gasteiger partial charge in [0.05, 0.1) is 25.0 Å². The highest BCUT2D eigenvalue weighted by atomic mass is 16.6. The maximum atomic E-state index is 11.9. The summed E-state index contributed by atoms with van der Waals surface area (Å²) in [7, 11) is 0. The monoisotopic (exact) mass is 277 g/mol. The van der Waals surface area contributed by atoms with Crippen LogP contribution in [0, 0.1) is 6.57 Å². The molecule has 0 bridgehead atoms. The minimum Gasteiger partial charge on any atom is -0.444 e. The summed E-state index contributed by atoms with van der Waals surface area (Å²) in [4.78, 5) is 17.0. The van der Waals surface area contributed by atoms with Gasteiger partial charge in [0.25, 0.3) is 0 Å². The molecule has 0 saturated carbocycles. The number of carbonyl (C=O) groups excluding carboxylic acids is 1. The number of hydrogen-bond donors (Lipinski definition) is 1. The van der Waals surface area contributed by atoms with Crippen molar-refractivity contribution in [1.29, 1.82) is 0 Å². The van der Waals surface area contributed by atoms with Crippen LogP contribution in [-0.2, 0) is 10.3 Å². The van der Waals surface area contributed by atoms with Crippen LogP contribution in [0.3, 0.4) is 0 Å². The van der Waals surface area contributed by atoms with Crippen molar-refractivity contribution < 1.29 is 9.53 Å². The summed E-state index contributed by atoms with van der Waals surface area (Å²) < 4.78 is 6.99. The Morgan fingerprint density at radius 2 is 2.25 bits per heavy atom. The molecule has 1 aromatic rings. The molecule has 2 heterocycles. The third-order valence-corrected chi connectivity index (χ3v) is 3.08. The van der Waals surface area contributed by atoms with Crippen LogP contribution in [0.25, 0.3) is 4.85 Å². The maximum absolute atomic E-state index is 11.9. The van der Waals surface area contributed by atoms with Gasteiger partial charge >= 0.3 is 6.09 Å². The van der Waals surface area contributed by atoms with E-state index >= 15 is 0 Å². The predicted octanol–water partition coefficient (Wildman–Crippen LogP) is 1.33. The second kappa shape index (κ2) is 4.71. The van der Waals surface area contributed by atoms with E-state index in [0.29, 0.717) is 18.8 Å². The average Bonchev–Trinajstić information content (AvgIpc) is 2.67. The highest BCUT2D eigenvalue weighted by Gasteiger charge is 2.51. The first kappa shape index (κ1) is 14.2. The van der Waals surface area contributed by atoms with E-state index in [2.05, 4.69) is 9.94 Å². The molecule has 0 aromatic carbocycles. The topological polar surface area (TPSA) is 77.7 Å². The van der Waals surface area contributed by atoms with E-state index in [0.717, 1.165) is 0 Å². The Bertz CT molecular complexity index is 546. The first-order valence-electron chi connectivity index (χ1n) is 6.37. The lowest BCUT2D eigenvalue weighted by Gasteiger charge is -2.46. The number of ether oxygens (including phenoxy) is 1. The molecule has 1 amide bonds. The highest BCUT2D eigenvalue weighted by molar-refractivity contribution is 5.69. The molecule has 1 aliphatic rings. The fraction of sp³-hybridized carbons (Fsp3) is 0.615. The summed E-state index contributed by atoms with van der Waals surface area (Å²) in [6.07, 6.45) is 2.87. The molecule has 1 saturated heterocycles. The number of hydrogen-bond acceptors (Lipinski definition) is 4. The van der Waals surface area contributed by atoms with Crippen molar-refractivity contribution in [3.63, 3.8) is 0 Å². The molecule has 1 aromatic heterocycles. The van der Waals surface area contributed by atoms with Crippen LogP contribution >= 0.6 is 0 Å². The Morgan fingerprint density at radius 1 is 1.60 bits per heavy atom. The molecule has 7 nitrogen and oxygen atoms in total. The van der Waals surface area contributed by atoms with E-state index in [9.17, 15) is 4.79 Å². The number of anilines is 1. The average molecular weight is 277 g/mol. The van der Waals surface area contributed by atoms with Crippen LogP contribution in [0.4, 0.5) is 10.5 Å². The van der Waals surface area contributed by atoms with E-state index in [1.807, 2.05) is 20.8 Å². The van der Waals surface area contributed by atoms with Gasteiger partial charge in [0.15, 0.2) is 5.54 Å². The summed E-state index contributed by atoms with van der Waals surface area (Å²) in [5.41, 5.74) is 5.20. The fourth-order valence-corrected chi connectivity index (χ4v) is 2.18. The van der Waals surface area contributed by atoms with E-state index in [1.165, 1.54) is 0 Å². The Morgan fingerprint density at radius 3 is 2.70 bits per heavy atom. The lowest BCUT2D eigenvalue weighted by molar-refractivity contribution is -0.0273. The number of likely N-dealkylation sites (tertiary alicyclic amines) is 1. The van der Waals surface area contributed by atoms with Gasteiger partial charge in [-0.15, -0.1) is 0 Å². The molecule has 1 aliphatic heterocycles. The second-order valence-corrected chi connectivity index (χ2v) is 6.10. The van der Waals surface area contributed by atoms with E-state index in [1.54, 1.807) is 22.0 Å². The lowest BCUT2D eigenvalue weighted by Crippen LogP contribution is -2.66. The van der Waals surface area contributed by atoms with Crippen LogP contribution < -0.4 is 5.73 Å². The smallest absolute Gasteiger partial charge is 0.410 e. The van der Waals surface area contributed by atoms with Crippen LogP contribution in [0.2, 0.25) is 0 Å². The van der Waals surface area contributed by atoms with Gasteiger partial charge in [0.2, 0.25) is 6.54 Å². The zero-order valence-electron chi connectivity index (χ0n) is 12.0. The SMILES string of the molecule is [C-]#[N+]CC1(n2cc(N)cn2)CN(C(=O)OC(C)(C)C)C1. The third-order valence-electron chi connectivity index (χ3n) is 3.08. The largest absolute Gasteiger partial charge is 0.444 e. The van der Waals surface area contributed by atoms with Gasteiger partial charge in [-0.2, -0.15) is 5.10 Å². The number of amides is 1. The van der Waals surface area contributed by atoms with Gasteiger partial charge in [-0.1, -0.05) is 0 Å². The zero-order valence-corrected chi connectivity index (χ0v) is 12.0. The molecule has 0 radical (unpaired) electrons. The standard InChI is InChI=1S/C13H19N5O2/c1-12(2,3)20-11(19)17-8-13(9-17,7-15-4)18-6-10(14)5-16-18/h5-6H,7-9,14H2,1-3H3. The van der Waals surface area contributed by atoms with Crippen molar-refractivity contribution >= 4 is 11.8 Å². The number of aromatic nitrogens is 2. The van der Waals surface area contributed by atoms with E-state index in [4.69, 9.17) is 17.0 Å². The van der Waals surface area contributed by atoms with Crippen LogP contribution in [0.1, 0.15) is 20.8 Å². The number of nitrogens with two attached hydrogens (primary N) is 1. The third kappa shape index (κ3) is 2.69. The van der Waals surface area contributed by atoms with Gasteiger partial charge in [-0.05, 0) is 20.8 Å². The summed E-state index contributed by atoms with van der Waals surface area (Å²) in [5.74, 6) is 0. The fourth-order valence-electron chi connectivity index (χ4n) is 2.18. The molecule has 7 heteroatoms. The predicted molar refractivity (Wildman–Crippen MR) is 73.9 cm³/mol. The van der Waals surface area contributed by atoms with Crippen molar-refractivity contribution in [3.05, 3.63) is 23.8 Å². The number of nitrogens with zero attached hydrogens (tertiary/aromatic N) is 4. The van der Waals surface area contributed by atoms with Crippen molar-refractivity contribution in [2.75, 3.05) is 25.4 Å². The molecule has 20 heavy (non-hydrogen) atoms. The first-order chi connectivity index (χ1) is 9.26. The first-order valence-corrected chi connectivity index (χ1v) is 6.37. The van der Waals surface area contributed by atoms with E-state index in [-0.39, 0.29) is 12.6 Å². The van der Waals surface area contributed by atoms with Crippen molar-refractivity contribution in [1.82, 2.24) is 14.7 Å². The summed E-state index contributed by atoms with van der Waals surface area (Å²) in [6, 6.07) is 0. The quantitative estimate of drug-likeness (QED) is 0.827. The Hall–Kier alpha value is -2.23. The molecule has 0 spiro atoms. The number of rotatable bonds is 2. The Labute approximate surface area is 118 Å². The van der Waals surface area contributed by atoms with Crippen LogP contribution in [0.5, 0.6) is 0 Å². The highest BCUT2D eigenvalue weighted by Crippen LogP contribution is 2.31. The zero-order chi connectivity index (χ0) is 15.0. The Kier molecular flexibility index (Phi) is 3.34. The molecular formula is C13H19N5O2. The minimum absolute atomic E-state index is 0.257. The summed E-state index contributed by atoms with van der Waals surface area (Å²) in [6.45, 7) is 13.6. The Balaban J connectivity index is 2.07. The minimum atomic E-state index is -0.523. The molecular weight excluding hydrogens is 258 g/mol. The normalized spacial score (nSPS) is 17.2. The molecule has 108 valence electrons. The van der Waals surface area contributed by atoms with Gasteiger partial charge in [-0.25, -0.2) is 11.4 Å². The molecule has 1 fully saturated rings. The van der Waals surface area contributed by atoms with Crippen molar-refractivity contribution in [3.8, 4) is 0 Å².